The number of rotatable bonds is 7. The minimum absolute atomic E-state index is 0.647. The lowest BCUT2D eigenvalue weighted by Gasteiger charge is -2.37. The number of hydrogen-bond acceptors (Lipinski definition) is 7. The molecule has 1 fully saturated rings. The van der Waals surface area contributed by atoms with Gasteiger partial charge in [0.25, 0.3) is 0 Å². The van der Waals surface area contributed by atoms with Gasteiger partial charge in [0.1, 0.15) is 11.6 Å². The lowest BCUT2D eigenvalue weighted by molar-refractivity contribution is 0.356. The zero-order chi connectivity index (χ0) is 24.9. The number of ether oxygens (including phenoxy) is 3. The molecular weight excluding hydrogens is 452 g/mol. The first-order valence-electron chi connectivity index (χ1n) is 12.0. The van der Waals surface area contributed by atoms with Crippen LogP contribution in [0.5, 0.6) is 17.2 Å². The van der Waals surface area contributed by atoms with Crippen LogP contribution in [0.3, 0.4) is 0 Å². The highest BCUT2D eigenvalue weighted by molar-refractivity contribution is 5.93. The number of hydrogen-bond donors (Lipinski definition) is 0. The summed E-state index contributed by atoms with van der Waals surface area (Å²) in [6.45, 7) is 3.35. The number of para-hydroxylation sites is 2. The molecule has 0 unspecified atom stereocenters. The van der Waals surface area contributed by atoms with Crippen LogP contribution in [0.1, 0.15) is 11.4 Å². The molecule has 1 aliphatic heterocycles. The summed E-state index contributed by atoms with van der Waals surface area (Å²) in [7, 11) is 5.00. The van der Waals surface area contributed by atoms with E-state index in [2.05, 4.69) is 28.0 Å². The summed E-state index contributed by atoms with van der Waals surface area (Å²) in [5.41, 5.74) is 3.03. The number of fused-ring (bicyclic) bond motifs is 1. The first-order valence-corrected chi connectivity index (χ1v) is 12.0. The molecule has 0 amide bonds. The Morgan fingerprint density at radius 1 is 0.667 bits per heavy atom. The Labute approximate surface area is 211 Å². The highest BCUT2D eigenvalue weighted by atomic mass is 16.5. The molecule has 0 radical (unpaired) electrons. The van der Waals surface area contributed by atoms with E-state index in [0.29, 0.717) is 17.3 Å². The topological polar surface area (TPSA) is 60.0 Å². The molecule has 2 heterocycles. The predicted octanol–water partition coefficient (Wildman–Crippen LogP) is 5.15. The molecule has 1 saturated heterocycles. The Kier molecular flexibility index (Phi) is 6.89. The maximum atomic E-state index is 5.59. The highest BCUT2D eigenvalue weighted by Gasteiger charge is 2.23. The average Bonchev–Trinajstić information content (AvgIpc) is 2.95. The SMILES string of the molecule is COc1cc2nc(/C=C/c3ccccc3)nc(N3CCN(c4ccccc4OC)CC3)c2cc1OC. The Morgan fingerprint density at radius 3 is 2.03 bits per heavy atom. The van der Waals surface area contributed by atoms with Gasteiger partial charge in [0, 0.05) is 37.6 Å². The maximum Gasteiger partial charge on any atom is 0.162 e. The van der Waals surface area contributed by atoms with Gasteiger partial charge in [0.2, 0.25) is 0 Å². The number of benzene rings is 3. The Bertz CT molecular complexity index is 1370. The number of anilines is 2. The fraction of sp³-hybridized carbons (Fsp3) is 0.241. The Morgan fingerprint density at radius 2 is 1.31 bits per heavy atom. The molecular formula is C29H30N4O3. The molecule has 0 bridgehead atoms. The summed E-state index contributed by atoms with van der Waals surface area (Å²) in [4.78, 5) is 14.5. The number of methoxy groups -OCH3 is 3. The molecule has 7 nitrogen and oxygen atoms in total. The third kappa shape index (κ3) is 4.77. The summed E-state index contributed by atoms with van der Waals surface area (Å²) < 4.78 is 16.7. The van der Waals surface area contributed by atoms with Gasteiger partial charge in [0.15, 0.2) is 17.3 Å². The third-order valence-electron chi connectivity index (χ3n) is 6.43. The highest BCUT2D eigenvalue weighted by Crippen LogP contribution is 2.36. The van der Waals surface area contributed by atoms with Crippen molar-refractivity contribution >= 4 is 34.6 Å². The second kappa shape index (κ2) is 10.6. The summed E-state index contributed by atoms with van der Waals surface area (Å²) in [6.07, 6.45) is 3.99. The van der Waals surface area contributed by atoms with Crippen LogP contribution < -0.4 is 24.0 Å². The molecule has 0 aliphatic carbocycles. The van der Waals surface area contributed by atoms with Gasteiger partial charge < -0.3 is 24.0 Å². The van der Waals surface area contributed by atoms with E-state index in [9.17, 15) is 0 Å². The van der Waals surface area contributed by atoms with Crippen molar-refractivity contribution in [3.8, 4) is 17.2 Å². The smallest absolute Gasteiger partial charge is 0.162 e. The molecule has 5 rings (SSSR count). The predicted molar refractivity (Wildman–Crippen MR) is 145 cm³/mol. The fourth-order valence-corrected chi connectivity index (χ4v) is 4.56. The van der Waals surface area contributed by atoms with Crippen LogP contribution in [-0.2, 0) is 0 Å². The average molecular weight is 483 g/mol. The first kappa shape index (κ1) is 23.5. The second-order valence-electron chi connectivity index (χ2n) is 8.52. The van der Waals surface area contributed by atoms with Crippen LogP contribution >= 0.6 is 0 Å². The van der Waals surface area contributed by atoms with E-state index in [-0.39, 0.29) is 0 Å². The number of nitrogens with zero attached hydrogens (tertiary/aromatic N) is 4. The lowest BCUT2D eigenvalue weighted by Crippen LogP contribution is -2.47. The van der Waals surface area contributed by atoms with E-state index in [1.165, 1.54) is 0 Å². The van der Waals surface area contributed by atoms with Crippen LogP contribution in [0.15, 0.2) is 66.7 Å². The fourth-order valence-electron chi connectivity index (χ4n) is 4.56. The standard InChI is InChI=1S/C29H30N4O3/c1-34-25-12-8-7-11-24(25)32-15-17-33(18-16-32)29-22-19-26(35-2)27(36-3)20-23(22)30-28(31-29)14-13-21-9-5-4-6-10-21/h4-14,19-20H,15-18H2,1-3H3/b14-13+. The molecule has 1 aliphatic rings. The van der Waals surface area contributed by atoms with Gasteiger partial charge in [-0.1, -0.05) is 48.5 Å². The van der Waals surface area contributed by atoms with Crippen LogP contribution in [0.2, 0.25) is 0 Å². The van der Waals surface area contributed by atoms with Crippen LogP contribution in [0.4, 0.5) is 11.5 Å². The van der Waals surface area contributed by atoms with Gasteiger partial charge >= 0.3 is 0 Å². The van der Waals surface area contributed by atoms with Gasteiger partial charge in [-0.2, -0.15) is 0 Å². The molecule has 0 N–H and O–H groups in total. The minimum atomic E-state index is 0.647. The quantitative estimate of drug-likeness (QED) is 0.361. The largest absolute Gasteiger partial charge is 0.495 e. The zero-order valence-corrected chi connectivity index (χ0v) is 20.8. The van der Waals surface area contributed by atoms with Crippen molar-refractivity contribution in [1.29, 1.82) is 0 Å². The molecule has 3 aromatic carbocycles. The number of piperazine rings is 1. The van der Waals surface area contributed by atoms with Crippen molar-refractivity contribution in [3.63, 3.8) is 0 Å². The molecule has 1 aromatic heterocycles. The van der Waals surface area contributed by atoms with Crippen molar-refractivity contribution < 1.29 is 14.2 Å². The van der Waals surface area contributed by atoms with Crippen molar-refractivity contribution in [2.75, 3.05) is 57.3 Å². The normalized spacial score (nSPS) is 13.9. The monoisotopic (exact) mass is 482 g/mol. The molecule has 0 spiro atoms. The molecule has 0 atom stereocenters. The summed E-state index contributed by atoms with van der Waals surface area (Å²) in [5.74, 6) is 3.75. The summed E-state index contributed by atoms with van der Waals surface area (Å²) >= 11 is 0. The van der Waals surface area contributed by atoms with Gasteiger partial charge in [-0.25, -0.2) is 9.97 Å². The van der Waals surface area contributed by atoms with Gasteiger partial charge in [0.05, 0.1) is 32.5 Å². The number of aromatic nitrogens is 2. The van der Waals surface area contributed by atoms with Crippen LogP contribution in [0, 0.1) is 0 Å². The van der Waals surface area contributed by atoms with Gasteiger partial charge in [-0.3, -0.25) is 0 Å². The molecule has 0 saturated carbocycles. The van der Waals surface area contributed by atoms with Gasteiger partial charge in [-0.15, -0.1) is 0 Å². The first-order chi connectivity index (χ1) is 17.7. The zero-order valence-electron chi connectivity index (χ0n) is 20.8. The summed E-state index contributed by atoms with van der Waals surface area (Å²) in [5, 5.41) is 0.940. The lowest BCUT2D eigenvalue weighted by atomic mass is 10.1. The van der Waals surface area contributed by atoms with E-state index in [0.717, 1.165) is 59.9 Å². The van der Waals surface area contributed by atoms with Gasteiger partial charge in [-0.05, 0) is 29.8 Å². The minimum Gasteiger partial charge on any atom is -0.495 e. The van der Waals surface area contributed by atoms with E-state index in [1.54, 1.807) is 21.3 Å². The van der Waals surface area contributed by atoms with Crippen LogP contribution in [0.25, 0.3) is 23.1 Å². The summed E-state index contributed by atoms with van der Waals surface area (Å²) in [6, 6.07) is 22.2. The molecule has 7 heteroatoms. The van der Waals surface area contributed by atoms with Crippen LogP contribution in [-0.4, -0.2) is 57.5 Å². The van der Waals surface area contributed by atoms with Crippen molar-refractivity contribution in [3.05, 3.63) is 78.1 Å². The molecule has 4 aromatic rings. The third-order valence-corrected chi connectivity index (χ3v) is 6.43. The Hall–Kier alpha value is -4.26. The molecule has 36 heavy (non-hydrogen) atoms. The van der Waals surface area contributed by atoms with Crippen molar-refractivity contribution in [2.45, 2.75) is 0 Å². The van der Waals surface area contributed by atoms with E-state index in [1.807, 2.05) is 60.7 Å². The van der Waals surface area contributed by atoms with E-state index >= 15 is 0 Å². The van der Waals surface area contributed by atoms with Crippen molar-refractivity contribution in [2.24, 2.45) is 0 Å². The second-order valence-corrected chi connectivity index (χ2v) is 8.52. The van der Waals surface area contributed by atoms with E-state index in [4.69, 9.17) is 24.2 Å². The molecule has 184 valence electrons. The van der Waals surface area contributed by atoms with E-state index < -0.39 is 0 Å². The maximum absolute atomic E-state index is 5.59. The Balaban J connectivity index is 1.50. The van der Waals surface area contributed by atoms with Crippen molar-refractivity contribution in [1.82, 2.24) is 9.97 Å².